The molecule has 5 heteroatoms. The third kappa shape index (κ3) is 4.93. The van der Waals surface area contributed by atoms with E-state index in [1.54, 1.807) is 0 Å². The molecule has 0 fully saturated rings. The van der Waals surface area contributed by atoms with Gasteiger partial charge in [-0.05, 0) is 58.6 Å². The van der Waals surface area contributed by atoms with Gasteiger partial charge in [-0.1, -0.05) is 158 Å². The van der Waals surface area contributed by atoms with Crippen LogP contribution in [0.5, 0.6) is 0 Å². The van der Waals surface area contributed by atoms with Gasteiger partial charge in [0.15, 0.2) is 17.5 Å². The molecule has 12 rings (SSSR count). The molecular weight excluding hydrogens is 707 g/mol. The summed E-state index contributed by atoms with van der Waals surface area (Å²) in [6.45, 7) is 0. The molecule has 270 valence electrons. The van der Waals surface area contributed by atoms with E-state index in [9.17, 15) is 0 Å². The van der Waals surface area contributed by atoms with Gasteiger partial charge in [-0.25, -0.2) is 15.0 Å². The molecule has 0 aliphatic heterocycles. The molecule has 3 aromatic heterocycles. The lowest BCUT2D eigenvalue weighted by Gasteiger charge is -2.16. The Balaban J connectivity index is 1.15. The fourth-order valence-electron chi connectivity index (χ4n) is 8.94. The van der Waals surface area contributed by atoms with Gasteiger partial charge in [0.1, 0.15) is 0 Å². The van der Waals surface area contributed by atoms with Crippen LogP contribution in [0.4, 0.5) is 0 Å². The van der Waals surface area contributed by atoms with Gasteiger partial charge in [0, 0.05) is 49.3 Å². The zero-order valence-electron chi connectivity index (χ0n) is 31.3. The lowest BCUT2D eigenvalue weighted by molar-refractivity contribution is 1.08. The second-order valence-corrected chi connectivity index (χ2v) is 14.8. The van der Waals surface area contributed by atoms with Gasteiger partial charge >= 0.3 is 0 Å². The van der Waals surface area contributed by atoms with E-state index >= 15 is 0 Å². The van der Waals surface area contributed by atoms with Gasteiger partial charge in [-0.3, -0.25) is 0 Å². The van der Waals surface area contributed by atoms with Crippen LogP contribution in [-0.4, -0.2) is 24.1 Å². The summed E-state index contributed by atoms with van der Waals surface area (Å²) in [6, 6.07) is 70.9. The molecule has 0 bridgehead atoms. The van der Waals surface area contributed by atoms with E-state index in [1.165, 1.54) is 43.5 Å². The first kappa shape index (κ1) is 32.4. The average Bonchev–Trinajstić information content (AvgIpc) is 3.82. The molecule has 0 spiro atoms. The summed E-state index contributed by atoms with van der Waals surface area (Å²) in [5, 5.41) is 9.36. The summed E-state index contributed by atoms with van der Waals surface area (Å²) in [6.07, 6.45) is 0. The highest BCUT2D eigenvalue weighted by molar-refractivity contribution is 6.24. The number of para-hydroxylation sites is 3. The molecule has 0 amide bonds. The summed E-state index contributed by atoms with van der Waals surface area (Å²) in [5.74, 6) is 1.91. The van der Waals surface area contributed by atoms with Crippen LogP contribution in [0.25, 0.3) is 111 Å². The van der Waals surface area contributed by atoms with Gasteiger partial charge < -0.3 is 9.13 Å². The van der Waals surface area contributed by atoms with Crippen molar-refractivity contribution >= 4 is 65.2 Å². The molecular formula is C53H33N5. The van der Waals surface area contributed by atoms with Crippen LogP contribution in [0, 0.1) is 0 Å². The van der Waals surface area contributed by atoms with Gasteiger partial charge in [0.25, 0.3) is 0 Å². The zero-order valence-corrected chi connectivity index (χ0v) is 31.3. The number of hydrogen-bond donors (Lipinski definition) is 0. The third-order valence-corrected chi connectivity index (χ3v) is 11.5. The van der Waals surface area contributed by atoms with Crippen molar-refractivity contribution in [2.24, 2.45) is 0 Å². The number of aromatic nitrogens is 5. The van der Waals surface area contributed by atoms with Crippen molar-refractivity contribution in [3.05, 3.63) is 200 Å². The minimum absolute atomic E-state index is 0.633. The number of nitrogens with zero attached hydrogens (tertiary/aromatic N) is 5. The molecule has 5 nitrogen and oxygen atoms in total. The van der Waals surface area contributed by atoms with Crippen LogP contribution in [0.15, 0.2) is 200 Å². The highest BCUT2D eigenvalue weighted by Gasteiger charge is 2.23. The molecule has 12 aromatic rings. The monoisotopic (exact) mass is 739 g/mol. The van der Waals surface area contributed by atoms with Crippen LogP contribution < -0.4 is 0 Å². The zero-order chi connectivity index (χ0) is 38.2. The quantitative estimate of drug-likeness (QED) is 0.177. The fraction of sp³-hybridized carbons (Fsp3) is 0. The first-order valence-electron chi connectivity index (χ1n) is 19.6. The molecule has 0 unspecified atom stereocenters. The molecule has 58 heavy (non-hydrogen) atoms. The van der Waals surface area contributed by atoms with Gasteiger partial charge in [-0.15, -0.1) is 0 Å². The number of benzene rings is 9. The van der Waals surface area contributed by atoms with Crippen molar-refractivity contribution in [2.45, 2.75) is 0 Å². The molecule has 9 aromatic carbocycles. The van der Waals surface area contributed by atoms with E-state index in [0.29, 0.717) is 17.5 Å². The topological polar surface area (TPSA) is 48.5 Å². The van der Waals surface area contributed by atoms with Crippen LogP contribution in [-0.2, 0) is 0 Å². The normalized spacial score (nSPS) is 11.8. The van der Waals surface area contributed by atoms with E-state index in [0.717, 1.165) is 49.7 Å². The Bertz CT molecular complexity index is 3560. The second-order valence-electron chi connectivity index (χ2n) is 14.8. The first-order valence-corrected chi connectivity index (χ1v) is 19.6. The fourth-order valence-corrected chi connectivity index (χ4v) is 8.94. The lowest BCUT2D eigenvalue weighted by Crippen LogP contribution is -2.02. The Morgan fingerprint density at radius 3 is 1.57 bits per heavy atom. The van der Waals surface area contributed by atoms with Crippen LogP contribution >= 0.6 is 0 Å². The number of rotatable bonds is 5. The maximum absolute atomic E-state index is 5.23. The first-order chi connectivity index (χ1) is 28.8. The van der Waals surface area contributed by atoms with Crippen LogP contribution in [0.2, 0.25) is 0 Å². The van der Waals surface area contributed by atoms with E-state index in [-0.39, 0.29) is 0 Å². The van der Waals surface area contributed by atoms with E-state index in [1.807, 2.05) is 18.2 Å². The highest BCUT2D eigenvalue weighted by Crippen LogP contribution is 2.43. The predicted molar refractivity (Wildman–Crippen MR) is 240 cm³/mol. The van der Waals surface area contributed by atoms with Crippen molar-refractivity contribution in [3.63, 3.8) is 0 Å². The Hall–Kier alpha value is -7.89. The molecule has 0 saturated carbocycles. The lowest BCUT2D eigenvalue weighted by atomic mass is 10.0. The maximum atomic E-state index is 5.23. The summed E-state index contributed by atoms with van der Waals surface area (Å²) >= 11 is 0. The Morgan fingerprint density at radius 2 is 0.845 bits per heavy atom. The van der Waals surface area contributed by atoms with Crippen molar-refractivity contribution in [2.75, 3.05) is 0 Å². The Morgan fingerprint density at radius 1 is 0.310 bits per heavy atom. The third-order valence-electron chi connectivity index (χ3n) is 11.5. The largest absolute Gasteiger partial charge is 0.307 e. The molecule has 0 N–H and O–H groups in total. The van der Waals surface area contributed by atoms with Crippen molar-refractivity contribution < 1.29 is 0 Å². The van der Waals surface area contributed by atoms with Crippen molar-refractivity contribution in [1.29, 1.82) is 0 Å². The highest BCUT2D eigenvalue weighted by atomic mass is 15.1. The standard InChI is InChI=1S/C53H33N5/c1-3-16-35(17-4-1)51-54-52(37-28-27-34-15-7-8-18-36(34)33-37)56-53(55-51)45-31-32-48(40-22-10-9-21-39(40)45)58-47-26-14-12-24-42(47)44-30-29-43-41-23-11-13-25-46(41)57(49(43)50(44)58)38-19-5-2-6-20-38/h1-33H. The molecule has 0 atom stereocenters. The minimum Gasteiger partial charge on any atom is -0.307 e. The maximum Gasteiger partial charge on any atom is 0.164 e. The second kappa shape index (κ2) is 12.8. The van der Waals surface area contributed by atoms with Crippen LogP contribution in [0.3, 0.4) is 0 Å². The van der Waals surface area contributed by atoms with E-state index in [2.05, 4.69) is 191 Å². The summed E-state index contributed by atoms with van der Waals surface area (Å²) in [4.78, 5) is 15.5. The van der Waals surface area contributed by atoms with Gasteiger partial charge in [0.05, 0.1) is 27.8 Å². The number of hydrogen-bond acceptors (Lipinski definition) is 3. The average molecular weight is 740 g/mol. The van der Waals surface area contributed by atoms with E-state index in [4.69, 9.17) is 15.0 Å². The smallest absolute Gasteiger partial charge is 0.164 e. The molecule has 3 heterocycles. The predicted octanol–water partition coefficient (Wildman–Crippen LogP) is 13.4. The Labute approximate surface area is 333 Å². The van der Waals surface area contributed by atoms with Gasteiger partial charge in [0.2, 0.25) is 0 Å². The summed E-state index contributed by atoms with van der Waals surface area (Å²) in [7, 11) is 0. The SMILES string of the molecule is c1ccc(-c2nc(-c3ccc4ccccc4c3)nc(-c3ccc(-n4c5ccccc5c5ccc6c7ccccc7n(-c7ccccc7)c6c54)c4ccccc34)n2)cc1. The van der Waals surface area contributed by atoms with Crippen LogP contribution in [0.1, 0.15) is 0 Å². The summed E-state index contributed by atoms with van der Waals surface area (Å²) in [5.41, 5.74) is 9.74. The molecule has 0 aliphatic rings. The van der Waals surface area contributed by atoms with E-state index < -0.39 is 0 Å². The van der Waals surface area contributed by atoms with Gasteiger partial charge in [-0.2, -0.15) is 0 Å². The number of fused-ring (bicyclic) bond motifs is 9. The van der Waals surface area contributed by atoms with Crippen molar-refractivity contribution in [3.8, 4) is 45.5 Å². The molecule has 0 radical (unpaired) electrons. The molecule has 0 saturated heterocycles. The van der Waals surface area contributed by atoms with Crippen molar-refractivity contribution in [1.82, 2.24) is 24.1 Å². The Kier molecular flexibility index (Phi) is 7.16. The summed E-state index contributed by atoms with van der Waals surface area (Å²) < 4.78 is 4.91. The molecule has 0 aliphatic carbocycles. The minimum atomic E-state index is 0.633.